The van der Waals surface area contributed by atoms with Crippen molar-refractivity contribution in [2.24, 2.45) is 7.05 Å². The Labute approximate surface area is 169 Å². The van der Waals surface area contributed by atoms with Crippen LogP contribution in [0.1, 0.15) is 31.2 Å². The standard InChI is InChI=1S/C22H18F3N3O2/c1-12(2)19-26-20-17(21(30)28(19)14-7-5-4-6-8-14)18(29)15-11-13(22(23,24)25)9-10-16(15)27(20)3/h4-12H,1-3H3. The number of fused-ring (bicyclic) bond motifs is 2. The van der Waals surface area contributed by atoms with E-state index in [0.717, 1.165) is 12.1 Å². The molecule has 4 aromatic rings. The van der Waals surface area contributed by atoms with Gasteiger partial charge in [-0.15, -0.1) is 0 Å². The third-order valence-electron chi connectivity index (χ3n) is 5.10. The van der Waals surface area contributed by atoms with Gasteiger partial charge in [0.25, 0.3) is 5.56 Å². The van der Waals surface area contributed by atoms with E-state index in [1.54, 1.807) is 37.4 Å². The molecule has 0 aliphatic carbocycles. The van der Waals surface area contributed by atoms with Crippen LogP contribution in [0, 0.1) is 0 Å². The predicted octanol–water partition coefficient (Wildman–Crippen LogP) is 4.38. The van der Waals surface area contributed by atoms with Crippen LogP contribution in [0.4, 0.5) is 13.2 Å². The van der Waals surface area contributed by atoms with Gasteiger partial charge < -0.3 is 4.57 Å². The number of aromatic nitrogens is 3. The molecule has 2 aromatic heterocycles. The van der Waals surface area contributed by atoms with Crippen molar-refractivity contribution in [3.63, 3.8) is 0 Å². The zero-order valence-electron chi connectivity index (χ0n) is 16.5. The first-order valence-electron chi connectivity index (χ1n) is 9.33. The lowest BCUT2D eigenvalue weighted by atomic mass is 10.1. The Hall–Kier alpha value is -3.42. The summed E-state index contributed by atoms with van der Waals surface area (Å²) in [4.78, 5) is 31.2. The van der Waals surface area contributed by atoms with Gasteiger partial charge in [-0.2, -0.15) is 13.2 Å². The van der Waals surface area contributed by atoms with Crippen LogP contribution >= 0.6 is 0 Å². The Morgan fingerprint density at radius 1 is 1.00 bits per heavy atom. The number of aryl methyl sites for hydroxylation is 1. The second kappa shape index (κ2) is 6.83. The fourth-order valence-electron chi connectivity index (χ4n) is 3.62. The van der Waals surface area contributed by atoms with E-state index in [4.69, 9.17) is 0 Å². The fraction of sp³-hybridized carbons (Fsp3) is 0.227. The number of nitrogens with zero attached hydrogens (tertiary/aromatic N) is 3. The molecule has 0 N–H and O–H groups in total. The van der Waals surface area contributed by atoms with Crippen LogP contribution in [0.5, 0.6) is 0 Å². The average Bonchev–Trinajstić information content (AvgIpc) is 2.70. The highest BCUT2D eigenvalue weighted by molar-refractivity contribution is 5.92. The van der Waals surface area contributed by atoms with Gasteiger partial charge in [-0.25, -0.2) is 4.98 Å². The summed E-state index contributed by atoms with van der Waals surface area (Å²) in [6, 6.07) is 11.7. The maximum atomic E-state index is 13.4. The molecule has 0 saturated heterocycles. The number of hydrogen-bond acceptors (Lipinski definition) is 3. The summed E-state index contributed by atoms with van der Waals surface area (Å²) >= 11 is 0. The van der Waals surface area contributed by atoms with Crippen LogP contribution in [-0.4, -0.2) is 14.1 Å². The van der Waals surface area contributed by atoms with Crippen LogP contribution in [0.15, 0.2) is 58.1 Å². The summed E-state index contributed by atoms with van der Waals surface area (Å²) in [6.07, 6.45) is -4.60. The van der Waals surface area contributed by atoms with Crippen LogP contribution in [0.2, 0.25) is 0 Å². The number of halogens is 3. The summed E-state index contributed by atoms with van der Waals surface area (Å²) in [5.74, 6) is 0.320. The van der Waals surface area contributed by atoms with Gasteiger partial charge in [-0.05, 0) is 30.3 Å². The largest absolute Gasteiger partial charge is 0.416 e. The number of rotatable bonds is 2. The first-order chi connectivity index (χ1) is 14.1. The van der Waals surface area contributed by atoms with Crippen molar-refractivity contribution in [1.29, 1.82) is 0 Å². The van der Waals surface area contributed by atoms with Crippen LogP contribution in [0.25, 0.3) is 27.6 Å². The first kappa shape index (κ1) is 19.9. The summed E-state index contributed by atoms with van der Waals surface area (Å²) in [7, 11) is 1.58. The number of hydrogen-bond donors (Lipinski definition) is 0. The lowest BCUT2D eigenvalue weighted by Crippen LogP contribution is -2.30. The summed E-state index contributed by atoms with van der Waals surface area (Å²) < 4.78 is 42.4. The molecule has 8 heteroatoms. The minimum Gasteiger partial charge on any atom is -0.328 e. The van der Waals surface area contributed by atoms with Crippen molar-refractivity contribution in [2.45, 2.75) is 25.9 Å². The van der Waals surface area contributed by atoms with E-state index in [1.165, 1.54) is 15.2 Å². The minimum atomic E-state index is -4.60. The normalized spacial score (nSPS) is 12.2. The zero-order chi connectivity index (χ0) is 21.8. The van der Waals surface area contributed by atoms with Crippen LogP contribution in [-0.2, 0) is 13.2 Å². The molecule has 0 amide bonds. The van der Waals surface area contributed by atoms with Gasteiger partial charge in [0.15, 0.2) is 5.65 Å². The molecule has 0 atom stereocenters. The molecule has 4 rings (SSSR count). The highest BCUT2D eigenvalue weighted by Gasteiger charge is 2.31. The topological polar surface area (TPSA) is 56.9 Å². The molecule has 0 saturated carbocycles. The van der Waals surface area contributed by atoms with Crippen molar-refractivity contribution in [3.8, 4) is 5.69 Å². The van der Waals surface area contributed by atoms with Crippen molar-refractivity contribution in [1.82, 2.24) is 14.1 Å². The Morgan fingerprint density at radius 2 is 1.67 bits per heavy atom. The molecular formula is C22H18F3N3O2. The minimum absolute atomic E-state index is 0.138. The zero-order valence-corrected chi connectivity index (χ0v) is 16.5. The highest BCUT2D eigenvalue weighted by atomic mass is 19.4. The van der Waals surface area contributed by atoms with Gasteiger partial charge >= 0.3 is 6.18 Å². The molecule has 0 aliphatic rings. The lowest BCUT2D eigenvalue weighted by Gasteiger charge is -2.18. The van der Waals surface area contributed by atoms with Gasteiger partial charge in [0, 0.05) is 18.4 Å². The maximum absolute atomic E-state index is 13.4. The fourth-order valence-corrected chi connectivity index (χ4v) is 3.62. The quantitative estimate of drug-likeness (QED) is 0.459. The van der Waals surface area contributed by atoms with Gasteiger partial charge in [0.2, 0.25) is 5.43 Å². The molecule has 0 spiro atoms. The van der Waals surface area contributed by atoms with Gasteiger partial charge in [0.1, 0.15) is 11.2 Å². The monoisotopic (exact) mass is 413 g/mol. The van der Waals surface area contributed by atoms with Crippen LogP contribution < -0.4 is 11.0 Å². The third kappa shape index (κ3) is 2.99. The van der Waals surface area contributed by atoms with E-state index in [0.29, 0.717) is 11.5 Å². The van der Waals surface area contributed by atoms with Crippen molar-refractivity contribution < 1.29 is 13.2 Å². The molecule has 30 heavy (non-hydrogen) atoms. The Balaban J connectivity index is 2.21. The summed E-state index contributed by atoms with van der Waals surface area (Å²) in [6.45, 7) is 3.75. The van der Waals surface area contributed by atoms with E-state index in [9.17, 15) is 22.8 Å². The van der Waals surface area contributed by atoms with Crippen molar-refractivity contribution in [3.05, 3.63) is 80.5 Å². The number of benzene rings is 2. The van der Waals surface area contributed by atoms with Gasteiger partial charge in [-0.1, -0.05) is 32.0 Å². The Kier molecular flexibility index (Phi) is 4.52. The SMILES string of the molecule is CC(C)c1nc2c(c(=O)c3cc(C(F)(F)F)ccc3n2C)c(=O)n1-c1ccccc1. The predicted molar refractivity (Wildman–Crippen MR) is 109 cm³/mol. The maximum Gasteiger partial charge on any atom is 0.416 e. The van der Waals surface area contributed by atoms with E-state index in [2.05, 4.69) is 4.98 Å². The lowest BCUT2D eigenvalue weighted by molar-refractivity contribution is -0.137. The van der Waals surface area contributed by atoms with E-state index >= 15 is 0 Å². The van der Waals surface area contributed by atoms with Gasteiger partial charge in [0.05, 0.1) is 16.8 Å². The smallest absolute Gasteiger partial charge is 0.328 e. The van der Waals surface area contributed by atoms with E-state index < -0.39 is 22.7 Å². The molecule has 0 aliphatic heterocycles. The molecule has 154 valence electrons. The van der Waals surface area contributed by atoms with Crippen molar-refractivity contribution in [2.75, 3.05) is 0 Å². The molecular weight excluding hydrogens is 395 g/mol. The third-order valence-corrected chi connectivity index (χ3v) is 5.10. The molecule has 5 nitrogen and oxygen atoms in total. The Morgan fingerprint density at radius 3 is 2.27 bits per heavy atom. The van der Waals surface area contributed by atoms with E-state index in [-0.39, 0.29) is 27.9 Å². The summed E-state index contributed by atoms with van der Waals surface area (Å²) in [5, 5.41) is -0.409. The highest BCUT2D eigenvalue weighted by Crippen LogP contribution is 2.31. The second-order valence-corrected chi connectivity index (χ2v) is 7.42. The van der Waals surface area contributed by atoms with Crippen molar-refractivity contribution >= 4 is 21.9 Å². The van der Waals surface area contributed by atoms with Crippen LogP contribution in [0.3, 0.4) is 0 Å². The molecule has 2 heterocycles. The molecule has 0 radical (unpaired) electrons. The number of para-hydroxylation sites is 1. The first-order valence-corrected chi connectivity index (χ1v) is 9.33. The molecule has 0 bridgehead atoms. The number of alkyl halides is 3. The van der Waals surface area contributed by atoms with Gasteiger partial charge in [-0.3, -0.25) is 14.2 Å². The number of pyridine rings is 1. The van der Waals surface area contributed by atoms with E-state index in [1.807, 2.05) is 13.8 Å². The average molecular weight is 413 g/mol. The second-order valence-electron chi connectivity index (χ2n) is 7.42. The Bertz CT molecular complexity index is 1400. The molecule has 2 aromatic carbocycles. The molecule has 0 unspecified atom stereocenters. The summed E-state index contributed by atoms with van der Waals surface area (Å²) in [5.41, 5.74) is -1.35. The molecule has 0 fully saturated rings.